The summed E-state index contributed by atoms with van der Waals surface area (Å²) in [5.41, 5.74) is 1.91. The van der Waals surface area contributed by atoms with Crippen LogP contribution in [0.3, 0.4) is 0 Å². The number of esters is 1. The lowest BCUT2D eigenvalue weighted by molar-refractivity contribution is -0.145. The van der Waals surface area contributed by atoms with E-state index >= 15 is 0 Å². The van der Waals surface area contributed by atoms with Crippen LogP contribution in [0, 0.1) is 0 Å². The molecule has 96 valence electrons. The van der Waals surface area contributed by atoms with Gasteiger partial charge in [0.05, 0.1) is 12.3 Å². The quantitative estimate of drug-likeness (QED) is 0.800. The van der Waals surface area contributed by atoms with Gasteiger partial charge in [-0.3, -0.25) is 4.99 Å². The van der Waals surface area contributed by atoms with Crippen LogP contribution in [0.15, 0.2) is 29.3 Å². The molecule has 0 bridgehead atoms. The molecule has 1 unspecified atom stereocenters. The van der Waals surface area contributed by atoms with Crippen LogP contribution < -0.4 is 0 Å². The van der Waals surface area contributed by atoms with Crippen molar-refractivity contribution in [2.75, 3.05) is 12.4 Å². The molecule has 1 aliphatic rings. The van der Waals surface area contributed by atoms with E-state index in [0.717, 1.165) is 11.3 Å². The molecular weight excluding hydrogens is 270 g/mol. The van der Waals surface area contributed by atoms with Crippen LogP contribution >= 0.6 is 23.4 Å². The molecule has 0 fully saturated rings. The smallest absolute Gasteiger partial charge is 0.344 e. The summed E-state index contributed by atoms with van der Waals surface area (Å²) in [6.45, 7) is 3.96. The predicted molar refractivity (Wildman–Crippen MR) is 75.5 cm³/mol. The van der Waals surface area contributed by atoms with Crippen molar-refractivity contribution in [1.29, 1.82) is 0 Å². The normalized spacial score (nSPS) is 22.7. The van der Waals surface area contributed by atoms with Crippen LogP contribution in [0.5, 0.6) is 0 Å². The number of benzene rings is 1. The fraction of sp³-hybridized carbons (Fsp3) is 0.385. The Hall–Kier alpha value is -1.000. The van der Waals surface area contributed by atoms with E-state index < -0.39 is 4.87 Å². The molecule has 0 spiro atoms. The first-order valence-corrected chi connectivity index (χ1v) is 7.07. The van der Waals surface area contributed by atoms with E-state index in [4.69, 9.17) is 16.3 Å². The highest BCUT2D eigenvalue weighted by Gasteiger charge is 2.39. The number of hydrogen-bond donors (Lipinski definition) is 0. The number of nitrogens with zero attached hydrogens (tertiary/aromatic N) is 1. The van der Waals surface area contributed by atoms with Gasteiger partial charge in [-0.2, -0.15) is 0 Å². The second-order valence-corrected chi connectivity index (χ2v) is 5.87. The third kappa shape index (κ3) is 2.70. The molecule has 0 N–H and O–H groups in total. The molecule has 0 aromatic heterocycles. The predicted octanol–water partition coefficient (Wildman–Crippen LogP) is 3.16. The second-order valence-electron chi connectivity index (χ2n) is 4.06. The average Bonchev–Trinajstić information content (AvgIpc) is 2.75. The van der Waals surface area contributed by atoms with E-state index in [2.05, 4.69) is 4.99 Å². The first-order valence-electron chi connectivity index (χ1n) is 5.71. The Bertz CT molecular complexity index is 486. The molecule has 1 aliphatic heterocycles. The van der Waals surface area contributed by atoms with Gasteiger partial charge < -0.3 is 4.74 Å². The standard InChI is InChI=1S/C13H14ClNO2S/c1-3-17-12(16)13(2)15-11(8-18-13)9-4-6-10(14)7-5-9/h4-7H,3,8H2,1-2H3. The molecule has 3 nitrogen and oxygen atoms in total. The lowest BCUT2D eigenvalue weighted by atomic mass is 10.1. The van der Waals surface area contributed by atoms with Gasteiger partial charge in [0.2, 0.25) is 4.87 Å². The molecule has 1 atom stereocenters. The maximum absolute atomic E-state index is 11.8. The number of thioether (sulfide) groups is 1. The maximum atomic E-state index is 11.8. The summed E-state index contributed by atoms with van der Waals surface area (Å²) in [5, 5.41) is 0.693. The molecule has 0 radical (unpaired) electrons. The van der Waals surface area contributed by atoms with Crippen LogP contribution in [-0.4, -0.2) is 28.9 Å². The number of halogens is 1. The molecule has 1 aromatic rings. The first kappa shape index (κ1) is 13.4. The monoisotopic (exact) mass is 283 g/mol. The zero-order chi connectivity index (χ0) is 13.2. The number of carbonyl (C=O) groups excluding carboxylic acids is 1. The van der Waals surface area contributed by atoms with Gasteiger partial charge >= 0.3 is 5.97 Å². The minimum Gasteiger partial charge on any atom is -0.464 e. The summed E-state index contributed by atoms with van der Waals surface area (Å²) in [4.78, 5) is 15.5. The van der Waals surface area contributed by atoms with E-state index in [0.29, 0.717) is 17.4 Å². The zero-order valence-corrected chi connectivity index (χ0v) is 11.8. The molecule has 0 amide bonds. The van der Waals surface area contributed by atoms with Gasteiger partial charge in [-0.25, -0.2) is 4.79 Å². The number of ether oxygens (including phenoxy) is 1. The van der Waals surface area contributed by atoms with Gasteiger partial charge in [-0.1, -0.05) is 23.7 Å². The van der Waals surface area contributed by atoms with Crippen molar-refractivity contribution in [3.63, 3.8) is 0 Å². The van der Waals surface area contributed by atoms with Gasteiger partial charge in [0.1, 0.15) is 0 Å². The summed E-state index contributed by atoms with van der Waals surface area (Å²) < 4.78 is 5.04. The van der Waals surface area contributed by atoms with Crippen LogP contribution in [-0.2, 0) is 9.53 Å². The van der Waals surface area contributed by atoms with Gasteiger partial charge in [0, 0.05) is 10.8 Å². The largest absolute Gasteiger partial charge is 0.464 e. The number of aliphatic imine (C=N–C) groups is 1. The van der Waals surface area contributed by atoms with Crippen molar-refractivity contribution in [2.45, 2.75) is 18.7 Å². The van der Waals surface area contributed by atoms with Crippen molar-refractivity contribution < 1.29 is 9.53 Å². The van der Waals surface area contributed by atoms with E-state index in [1.165, 1.54) is 11.8 Å². The fourth-order valence-electron chi connectivity index (χ4n) is 1.69. The van der Waals surface area contributed by atoms with Crippen LogP contribution in [0.25, 0.3) is 0 Å². The number of carbonyl (C=O) groups is 1. The van der Waals surface area contributed by atoms with Crippen LogP contribution in [0.1, 0.15) is 19.4 Å². The molecule has 2 rings (SSSR count). The highest BCUT2D eigenvalue weighted by Crippen LogP contribution is 2.35. The van der Waals surface area contributed by atoms with Crippen molar-refractivity contribution in [3.8, 4) is 0 Å². The van der Waals surface area contributed by atoms with Gasteiger partial charge in [-0.15, -0.1) is 11.8 Å². The Morgan fingerprint density at radius 3 is 2.78 bits per heavy atom. The summed E-state index contributed by atoms with van der Waals surface area (Å²) in [7, 11) is 0. The third-order valence-corrected chi connectivity index (χ3v) is 4.16. The summed E-state index contributed by atoms with van der Waals surface area (Å²) in [5.74, 6) is 0.427. The Morgan fingerprint density at radius 2 is 2.17 bits per heavy atom. The molecule has 1 heterocycles. The third-order valence-electron chi connectivity index (χ3n) is 2.67. The Balaban J connectivity index is 2.22. The lowest BCUT2D eigenvalue weighted by Crippen LogP contribution is -2.29. The molecule has 0 saturated heterocycles. The Labute approximate surface area is 116 Å². The zero-order valence-electron chi connectivity index (χ0n) is 10.3. The fourth-order valence-corrected chi connectivity index (χ4v) is 2.82. The number of hydrogen-bond acceptors (Lipinski definition) is 4. The lowest BCUT2D eigenvalue weighted by Gasteiger charge is -2.16. The van der Waals surface area contributed by atoms with Crippen molar-refractivity contribution >= 4 is 35.0 Å². The van der Waals surface area contributed by atoms with E-state index in [1.807, 2.05) is 24.3 Å². The summed E-state index contributed by atoms with van der Waals surface area (Å²) >= 11 is 7.34. The van der Waals surface area contributed by atoms with Crippen LogP contribution in [0.2, 0.25) is 5.02 Å². The second kappa shape index (κ2) is 5.33. The SMILES string of the molecule is CCOC(=O)C1(C)N=C(c2ccc(Cl)cc2)CS1. The molecule has 1 aromatic carbocycles. The molecule has 18 heavy (non-hydrogen) atoms. The number of rotatable bonds is 3. The molecule has 5 heteroatoms. The highest BCUT2D eigenvalue weighted by molar-refractivity contribution is 8.02. The van der Waals surface area contributed by atoms with Crippen LogP contribution in [0.4, 0.5) is 0 Å². The van der Waals surface area contributed by atoms with Crippen molar-refractivity contribution in [1.82, 2.24) is 0 Å². The molecule has 0 saturated carbocycles. The van der Waals surface area contributed by atoms with Gasteiger partial charge in [0.25, 0.3) is 0 Å². The Kier molecular flexibility index (Phi) is 3.97. The van der Waals surface area contributed by atoms with E-state index in [-0.39, 0.29) is 5.97 Å². The molecule has 0 aliphatic carbocycles. The van der Waals surface area contributed by atoms with Crippen molar-refractivity contribution in [2.24, 2.45) is 4.99 Å². The molecular formula is C13H14ClNO2S. The Morgan fingerprint density at radius 1 is 1.50 bits per heavy atom. The summed E-state index contributed by atoms with van der Waals surface area (Å²) in [6.07, 6.45) is 0. The first-order chi connectivity index (χ1) is 8.55. The minimum absolute atomic E-state index is 0.279. The highest BCUT2D eigenvalue weighted by atomic mass is 35.5. The summed E-state index contributed by atoms with van der Waals surface area (Å²) in [6, 6.07) is 7.48. The maximum Gasteiger partial charge on any atom is 0.344 e. The van der Waals surface area contributed by atoms with E-state index in [9.17, 15) is 4.79 Å². The van der Waals surface area contributed by atoms with Crippen molar-refractivity contribution in [3.05, 3.63) is 34.9 Å². The van der Waals surface area contributed by atoms with Gasteiger partial charge in [0.15, 0.2) is 0 Å². The topological polar surface area (TPSA) is 38.7 Å². The average molecular weight is 284 g/mol. The van der Waals surface area contributed by atoms with E-state index in [1.54, 1.807) is 13.8 Å². The minimum atomic E-state index is -0.815. The van der Waals surface area contributed by atoms with Gasteiger partial charge in [-0.05, 0) is 31.5 Å².